The molecule has 1 aromatic heterocycles. The number of carbonyl (C=O) groups excluding carboxylic acids is 1. The predicted molar refractivity (Wildman–Crippen MR) is 81.9 cm³/mol. The minimum absolute atomic E-state index is 0.140. The summed E-state index contributed by atoms with van der Waals surface area (Å²) in [5.41, 5.74) is 5.29. The lowest BCUT2D eigenvalue weighted by Gasteiger charge is -2.22. The van der Waals surface area contributed by atoms with E-state index in [1.54, 1.807) is 0 Å². The van der Waals surface area contributed by atoms with Crippen LogP contribution in [0.2, 0.25) is 0 Å². The zero-order valence-electron chi connectivity index (χ0n) is 12.4. The summed E-state index contributed by atoms with van der Waals surface area (Å²) >= 11 is 0. The van der Waals surface area contributed by atoms with Crippen molar-refractivity contribution in [1.82, 2.24) is 10.3 Å². The third-order valence-corrected chi connectivity index (χ3v) is 4.34. The normalized spacial score (nSPS) is 18.9. The number of benzene rings is 1. The van der Waals surface area contributed by atoms with Crippen molar-refractivity contribution < 1.29 is 4.79 Å². The van der Waals surface area contributed by atoms with E-state index in [-0.39, 0.29) is 11.5 Å². The van der Waals surface area contributed by atoms with E-state index in [9.17, 15) is 4.79 Å². The predicted octanol–water partition coefficient (Wildman–Crippen LogP) is 3.59. The summed E-state index contributed by atoms with van der Waals surface area (Å²) < 4.78 is 0. The van der Waals surface area contributed by atoms with Gasteiger partial charge < -0.3 is 10.3 Å². The highest BCUT2D eigenvalue weighted by Gasteiger charge is 2.24. The number of aryl methyl sites for hydroxylation is 1. The lowest BCUT2D eigenvalue weighted by atomic mass is 9.85. The second-order valence-corrected chi connectivity index (χ2v) is 6.76. The summed E-state index contributed by atoms with van der Waals surface area (Å²) in [4.78, 5) is 14.3. The summed E-state index contributed by atoms with van der Waals surface area (Å²) in [7, 11) is 0. The fraction of sp³-hybridized carbons (Fsp3) is 0.471. The van der Waals surface area contributed by atoms with Crippen molar-refractivity contribution in [3.05, 3.63) is 35.0 Å². The number of rotatable bonds is 2. The number of amides is 1. The van der Waals surface area contributed by atoms with E-state index in [4.69, 9.17) is 0 Å². The maximum Gasteiger partial charge on any atom is 0.207 e. The first kappa shape index (κ1) is 13.2. The second kappa shape index (κ2) is 4.65. The second-order valence-electron chi connectivity index (χ2n) is 6.76. The van der Waals surface area contributed by atoms with E-state index in [2.05, 4.69) is 49.3 Å². The molecule has 3 nitrogen and oxygen atoms in total. The highest BCUT2D eigenvalue weighted by atomic mass is 16.1. The molecule has 106 valence electrons. The fourth-order valence-electron chi connectivity index (χ4n) is 3.18. The monoisotopic (exact) mass is 270 g/mol. The SMILES string of the molecule is CC(C)(C)c1ccc2[nH]c3c(c2c1)CCC[C@H]3NC=O. The van der Waals surface area contributed by atoms with Crippen molar-refractivity contribution >= 4 is 17.3 Å². The molecule has 0 radical (unpaired) electrons. The Morgan fingerprint density at radius 3 is 2.85 bits per heavy atom. The van der Waals surface area contributed by atoms with Crippen molar-refractivity contribution in [1.29, 1.82) is 0 Å². The molecule has 0 aliphatic heterocycles. The average molecular weight is 270 g/mol. The Balaban J connectivity index is 2.14. The summed E-state index contributed by atoms with van der Waals surface area (Å²) in [6.45, 7) is 6.72. The first-order valence-corrected chi connectivity index (χ1v) is 7.35. The summed E-state index contributed by atoms with van der Waals surface area (Å²) in [6.07, 6.45) is 4.06. The number of hydrogen-bond acceptors (Lipinski definition) is 1. The van der Waals surface area contributed by atoms with Gasteiger partial charge >= 0.3 is 0 Å². The standard InChI is InChI=1S/C17H22N2O/c1-17(2,3)11-7-8-14-13(9-11)12-5-4-6-15(18-10-20)16(12)19-14/h7-10,15,19H,4-6H2,1-3H3,(H,18,20)/t15-/m1/s1. The molecule has 0 bridgehead atoms. The van der Waals surface area contributed by atoms with Gasteiger partial charge in [0.05, 0.1) is 6.04 Å². The highest BCUT2D eigenvalue weighted by molar-refractivity contribution is 5.86. The van der Waals surface area contributed by atoms with E-state index < -0.39 is 0 Å². The number of hydrogen-bond donors (Lipinski definition) is 2. The highest BCUT2D eigenvalue weighted by Crippen LogP contribution is 2.36. The molecule has 0 fully saturated rings. The van der Waals surface area contributed by atoms with Gasteiger partial charge in [0.25, 0.3) is 0 Å². The molecule has 1 aliphatic rings. The molecule has 1 aliphatic carbocycles. The molecule has 0 saturated heterocycles. The number of aromatic nitrogens is 1. The Hall–Kier alpha value is -1.77. The van der Waals surface area contributed by atoms with Crippen LogP contribution in [0.1, 0.15) is 56.5 Å². The molecule has 1 aromatic carbocycles. The van der Waals surface area contributed by atoms with Crippen LogP contribution in [-0.4, -0.2) is 11.4 Å². The Bertz CT molecular complexity index is 649. The number of nitrogens with one attached hydrogen (secondary N) is 2. The van der Waals surface area contributed by atoms with Gasteiger partial charge in [-0.1, -0.05) is 26.8 Å². The van der Waals surface area contributed by atoms with Gasteiger partial charge in [0.2, 0.25) is 6.41 Å². The van der Waals surface area contributed by atoms with Crippen molar-refractivity contribution in [3.63, 3.8) is 0 Å². The molecule has 0 unspecified atom stereocenters. The third kappa shape index (κ3) is 2.11. The van der Waals surface area contributed by atoms with Crippen LogP contribution >= 0.6 is 0 Å². The molecule has 1 atom stereocenters. The Labute approximate surface area is 119 Å². The van der Waals surface area contributed by atoms with Gasteiger partial charge in [0.1, 0.15) is 0 Å². The molecular weight excluding hydrogens is 248 g/mol. The minimum atomic E-state index is 0.140. The number of fused-ring (bicyclic) bond motifs is 3. The molecule has 0 saturated carbocycles. The largest absolute Gasteiger partial charge is 0.356 e. The summed E-state index contributed by atoms with van der Waals surface area (Å²) in [5, 5.41) is 4.26. The fourth-order valence-corrected chi connectivity index (χ4v) is 3.18. The van der Waals surface area contributed by atoms with Crippen LogP contribution in [-0.2, 0) is 16.6 Å². The van der Waals surface area contributed by atoms with Crippen molar-refractivity contribution in [3.8, 4) is 0 Å². The van der Waals surface area contributed by atoms with Gasteiger partial charge in [0, 0.05) is 16.6 Å². The molecule has 2 N–H and O–H groups in total. The zero-order valence-corrected chi connectivity index (χ0v) is 12.4. The van der Waals surface area contributed by atoms with Gasteiger partial charge in [-0.15, -0.1) is 0 Å². The maximum absolute atomic E-state index is 10.8. The lowest BCUT2D eigenvalue weighted by Crippen LogP contribution is -2.23. The molecule has 3 heteroatoms. The topological polar surface area (TPSA) is 44.9 Å². The van der Waals surface area contributed by atoms with Gasteiger partial charge in [-0.2, -0.15) is 0 Å². The van der Waals surface area contributed by atoms with Crippen LogP contribution in [0.5, 0.6) is 0 Å². The molecule has 3 rings (SSSR count). The van der Waals surface area contributed by atoms with E-state index in [1.165, 1.54) is 27.7 Å². The zero-order chi connectivity index (χ0) is 14.3. The van der Waals surface area contributed by atoms with E-state index >= 15 is 0 Å². The van der Waals surface area contributed by atoms with Crippen molar-refractivity contribution in [2.75, 3.05) is 0 Å². The van der Waals surface area contributed by atoms with E-state index in [0.717, 1.165) is 25.7 Å². The Kier molecular flexibility index (Phi) is 3.08. The van der Waals surface area contributed by atoms with E-state index in [1.807, 2.05) is 0 Å². The number of carbonyl (C=O) groups is 1. The Morgan fingerprint density at radius 2 is 2.15 bits per heavy atom. The van der Waals surface area contributed by atoms with Gasteiger partial charge in [-0.25, -0.2) is 0 Å². The molecule has 20 heavy (non-hydrogen) atoms. The van der Waals surface area contributed by atoms with Crippen LogP contribution in [0.3, 0.4) is 0 Å². The van der Waals surface area contributed by atoms with Crippen LogP contribution < -0.4 is 5.32 Å². The van der Waals surface area contributed by atoms with Crippen LogP contribution in [0.4, 0.5) is 0 Å². The smallest absolute Gasteiger partial charge is 0.207 e. The van der Waals surface area contributed by atoms with Crippen LogP contribution in [0.15, 0.2) is 18.2 Å². The number of aromatic amines is 1. The minimum Gasteiger partial charge on any atom is -0.356 e. The molecule has 1 heterocycles. The third-order valence-electron chi connectivity index (χ3n) is 4.34. The maximum atomic E-state index is 10.8. The van der Waals surface area contributed by atoms with Crippen LogP contribution in [0.25, 0.3) is 10.9 Å². The lowest BCUT2D eigenvalue weighted by molar-refractivity contribution is -0.110. The van der Waals surface area contributed by atoms with Crippen molar-refractivity contribution in [2.24, 2.45) is 0 Å². The van der Waals surface area contributed by atoms with Gasteiger partial charge in [0.15, 0.2) is 0 Å². The van der Waals surface area contributed by atoms with Crippen molar-refractivity contribution in [2.45, 2.75) is 51.5 Å². The Morgan fingerprint density at radius 1 is 1.35 bits per heavy atom. The molecule has 2 aromatic rings. The first-order chi connectivity index (χ1) is 9.50. The molecule has 1 amide bonds. The van der Waals surface area contributed by atoms with Gasteiger partial charge in [-0.05, 0) is 47.9 Å². The number of H-pyrrole nitrogens is 1. The average Bonchev–Trinajstić information content (AvgIpc) is 2.77. The van der Waals surface area contributed by atoms with E-state index in [0.29, 0.717) is 0 Å². The molecular formula is C17H22N2O. The van der Waals surface area contributed by atoms with Crippen LogP contribution in [0, 0.1) is 0 Å². The summed E-state index contributed by atoms with van der Waals surface area (Å²) in [6, 6.07) is 6.83. The quantitative estimate of drug-likeness (QED) is 0.805. The van der Waals surface area contributed by atoms with Gasteiger partial charge in [-0.3, -0.25) is 4.79 Å². The molecule has 0 spiro atoms. The summed E-state index contributed by atoms with van der Waals surface area (Å²) in [5.74, 6) is 0. The first-order valence-electron chi connectivity index (χ1n) is 7.35.